The molecule has 0 aliphatic heterocycles. The zero-order valence-corrected chi connectivity index (χ0v) is 10.5. The van der Waals surface area contributed by atoms with Crippen LogP contribution in [0, 0.1) is 16.0 Å². The van der Waals surface area contributed by atoms with E-state index >= 15 is 0 Å². The lowest BCUT2D eigenvalue weighted by Crippen LogP contribution is -2.07. The first kappa shape index (κ1) is 12.3. The molecule has 0 aliphatic rings. The summed E-state index contributed by atoms with van der Waals surface area (Å²) < 4.78 is 1.48. The van der Waals surface area contributed by atoms with Crippen LogP contribution in [-0.2, 0) is 0 Å². The number of nitro groups is 1. The zero-order chi connectivity index (χ0) is 13.1. The Kier molecular flexibility index (Phi) is 3.45. The van der Waals surface area contributed by atoms with Gasteiger partial charge in [0.1, 0.15) is 0 Å². The van der Waals surface area contributed by atoms with E-state index in [1.807, 2.05) is 6.07 Å². The quantitative estimate of drug-likeness (QED) is 0.652. The van der Waals surface area contributed by atoms with Crippen molar-refractivity contribution in [3.8, 4) is 0 Å². The molecule has 6 nitrogen and oxygen atoms in total. The lowest BCUT2D eigenvalue weighted by Gasteiger charge is -2.05. The van der Waals surface area contributed by atoms with Crippen molar-refractivity contribution in [2.75, 3.05) is 11.9 Å². The molecule has 2 heterocycles. The molecule has 0 atom stereocenters. The Morgan fingerprint density at radius 1 is 1.50 bits per heavy atom. The van der Waals surface area contributed by atoms with E-state index in [9.17, 15) is 10.1 Å². The summed E-state index contributed by atoms with van der Waals surface area (Å²) in [6.45, 7) is 4.90. The minimum Gasteiger partial charge on any atom is -0.363 e. The largest absolute Gasteiger partial charge is 0.372 e. The Labute approximate surface area is 105 Å². The number of nitrogens with one attached hydrogen (secondary N) is 1. The summed E-state index contributed by atoms with van der Waals surface area (Å²) in [4.78, 5) is 14.9. The molecule has 0 unspecified atom stereocenters. The van der Waals surface area contributed by atoms with Crippen molar-refractivity contribution in [1.29, 1.82) is 0 Å². The highest BCUT2D eigenvalue weighted by Crippen LogP contribution is 2.25. The number of rotatable bonds is 5. The van der Waals surface area contributed by atoms with Crippen LogP contribution in [-0.4, -0.2) is 20.9 Å². The van der Waals surface area contributed by atoms with E-state index in [1.165, 1.54) is 4.40 Å². The fraction of sp³-hybridized carbons (Fsp3) is 0.417. The number of anilines is 1. The van der Waals surface area contributed by atoms with Crippen LogP contribution in [0.25, 0.3) is 5.65 Å². The molecule has 2 rings (SSSR count). The van der Waals surface area contributed by atoms with Crippen LogP contribution < -0.4 is 5.32 Å². The molecule has 0 saturated carbocycles. The average molecular weight is 248 g/mol. The smallest absolute Gasteiger partial charge is 0.363 e. The van der Waals surface area contributed by atoms with Gasteiger partial charge in [-0.15, -0.1) is 0 Å². The van der Waals surface area contributed by atoms with Crippen molar-refractivity contribution < 1.29 is 4.92 Å². The summed E-state index contributed by atoms with van der Waals surface area (Å²) in [6, 6.07) is 5.31. The number of hydrogen-bond donors (Lipinski definition) is 1. The standard InChI is InChI=1S/C12H16N4O2/c1-9(2)6-7-13-11-12(16(17)18)15-8-4-3-5-10(15)14-11/h3-5,8-9,13H,6-7H2,1-2H3. The van der Waals surface area contributed by atoms with Crippen molar-refractivity contribution in [3.05, 3.63) is 34.5 Å². The van der Waals surface area contributed by atoms with Crippen LogP contribution in [0.5, 0.6) is 0 Å². The molecule has 0 radical (unpaired) electrons. The summed E-state index contributed by atoms with van der Waals surface area (Å²) in [6.07, 6.45) is 2.60. The van der Waals surface area contributed by atoms with Gasteiger partial charge in [0.15, 0.2) is 0 Å². The minimum atomic E-state index is -0.405. The third-order valence-electron chi connectivity index (χ3n) is 2.69. The van der Waals surface area contributed by atoms with Crippen molar-refractivity contribution >= 4 is 17.3 Å². The SMILES string of the molecule is CC(C)CCNc1nc2ccccn2c1[N+](=O)[O-]. The number of fused-ring (bicyclic) bond motifs is 1. The lowest BCUT2D eigenvalue weighted by atomic mass is 10.1. The van der Waals surface area contributed by atoms with E-state index in [0.29, 0.717) is 23.9 Å². The maximum Gasteiger partial charge on any atom is 0.372 e. The molecule has 0 spiro atoms. The first-order chi connectivity index (χ1) is 8.59. The van der Waals surface area contributed by atoms with Crippen molar-refractivity contribution in [2.45, 2.75) is 20.3 Å². The van der Waals surface area contributed by atoms with Gasteiger partial charge < -0.3 is 15.4 Å². The predicted molar refractivity (Wildman–Crippen MR) is 69.8 cm³/mol. The molecule has 2 aromatic heterocycles. The molecule has 18 heavy (non-hydrogen) atoms. The molecule has 0 amide bonds. The molecule has 1 N–H and O–H groups in total. The third-order valence-corrected chi connectivity index (χ3v) is 2.69. The van der Waals surface area contributed by atoms with Gasteiger partial charge >= 0.3 is 5.82 Å². The average Bonchev–Trinajstić information content (AvgIpc) is 2.66. The summed E-state index contributed by atoms with van der Waals surface area (Å²) in [5, 5.41) is 14.1. The first-order valence-electron chi connectivity index (χ1n) is 5.95. The van der Waals surface area contributed by atoms with E-state index in [4.69, 9.17) is 0 Å². The van der Waals surface area contributed by atoms with Crippen LogP contribution in [0.4, 0.5) is 11.6 Å². The molecule has 96 valence electrons. The van der Waals surface area contributed by atoms with Crippen molar-refractivity contribution in [3.63, 3.8) is 0 Å². The maximum atomic E-state index is 11.1. The van der Waals surface area contributed by atoms with Gasteiger partial charge in [-0.2, -0.15) is 9.38 Å². The monoisotopic (exact) mass is 248 g/mol. The van der Waals surface area contributed by atoms with E-state index < -0.39 is 4.92 Å². The van der Waals surface area contributed by atoms with Crippen LogP contribution in [0.3, 0.4) is 0 Å². The second kappa shape index (κ2) is 5.03. The van der Waals surface area contributed by atoms with Crippen LogP contribution in [0.15, 0.2) is 24.4 Å². The Bertz CT molecular complexity index is 562. The fourth-order valence-electron chi connectivity index (χ4n) is 1.76. The Morgan fingerprint density at radius 2 is 2.28 bits per heavy atom. The van der Waals surface area contributed by atoms with Gasteiger partial charge in [0.2, 0.25) is 11.5 Å². The highest BCUT2D eigenvalue weighted by molar-refractivity contribution is 5.62. The molecule has 6 heteroatoms. The lowest BCUT2D eigenvalue weighted by molar-refractivity contribution is -0.389. The van der Waals surface area contributed by atoms with Gasteiger partial charge in [-0.05, 0) is 23.3 Å². The minimum absolute atomic E-state index is 0.00523. The molecule has 0 fully saturated rings. The maximum absolute atomic E-state index is 11.1. The van der Waals surface area contributed by atoms with Gasteiger partial charge in [0.25, 0.3) is 0 Å². The van der Waals surface area contributed by atoms with Crippen LogP contribution in [0.2, 0.25) is 0 Å². The van der Waals surface area contributed by atoms with Crippen molar-refractivity contribution in [2.24, 2.45) is 5.92 Å². The number of hydrogen-bond acceptors (Lipinski definition) is 4. The molecule has 0 aromatic carbocycles. The van der Waals surface area contributed by atoms with Gasteiger partial charge in [-0.1, -0.05) is 19.9 Å². The third kappa shape index (κ3) is 2.42. The zero-order valence-electron chi connectivity index (χ0n) is 10.5. The van der Waals surface area contributed by atoms with Crippen LogP contribution >= 0.6 is 0 Å². The molecule has 2 aromatic rings. The number of pyridine rings is 1. The number of nitrogens with zero attached hydrogens (tertiary/aromatic N) is 3. The summed E-state index contributed by atoms with van der Waals surface area (Å²) in [7, 11) is 0. The van der Waals surface area contributed by atoms with Crippen molar-refractivity contribution in [1.82, 2.24) is 9.38 Å². The van der Waals surface area contributed by atoms with Gasteiger partial charge in [0, 0.05) is 12.6 Å². The predicted octanol–water partition coefficient (Wildman–Crippen LogP) is 2.70. The molecule has 0 saturated heterocycles. The summed E-state index contributed by atoms with van der Waals surface area (Å²) >= 11 is 0. The Hall–Kier alpha value is -2.11. The Morgan fingerprint density at radius 3 is 2.94 bits per heavy atom. The van der Waals surface area contributed by atoms with Gasteiger partial charge in [-0.25, -0.2) is 0 Å². The molecular formula is C12H16N4O2. The van der Waals surface area contributed by atoms with E-state index in [0.717, 1.165) is 6.42 Å². The van der Waals surface area contributed by atoms with Gasteiger partial charge in [-0.3, -0.25) is 0 Å². The summed E-state index contributed by atoms with van der Waals surface area (Å²) in [5.41, 5.74) is 0.580. The normalized spacial score (nSPS) is 11.1. The molecule has 0 bridgehead atoms. The Balaban J connectivity index is 2.31. The topological polar surface area (TPSA) is 72.5 Å². The molecular weight excluding hydrogens is 232 g/mol. The highest BCUT2D eigenvalue weighted by atomic mass is 16.6. The summed E-state index contributed by atoms with van der Waals surface area (Å²) in [5.74, 6) is 0.884. The van der Waals surface area contributed by atoms with Gasteiger partial charge in [0.05, 0.1) is 6.20 Å². The second-order valence-corrected chi connectivity index (χ2v) is 4.58. The number of aromatic nitrogens is 2. The van der Waals surface area contributed by atoms with Crippen LogP contribution in [0.1, 0.15) is 20.3 Å². The first-order valence-corrected chi connectivity index (χ1v) is 5.95. The van der Waals surface area contributed by atoms with E-state index in [-0.39, 0.29) is 5.82 Å². The fourth-order valence-corrected chi connectivity index (χ4v) is 1.76. The highest BCUT2D eigenvalue weighted by Gasteiger charge is 2.21. The van der Waals surface area contributed by atoms with E-state index in [2.05, 4.69) is 24.1 Å². The second-order valence-electron chi connectivity index (χ2n) is 4.58. The van der Waals surface area contributed by atoms with E-state index in [1.54, 1.807) is 18.3 Å². The molecule has 0 aliphatic carbocycles. The number of imidazole rings is 1.